The second kappa shape index (κ2) is 13.4. The first-order valence-corrected chi connectivity index (χ1v) is 12.0. The van der Waals surface area contributed by atoms with Crippen molar-refractivity contribution in [3.63, 3.8) is 0 Å². The molecule has 3 aromatic rings. The second-order valence-electron chi connectivity index (χ2n) is 8.65. The van der Waals surface area contributed by atoms with Crippen LogP contribution < -0.4 is 10.5 Å². The standard InChI is InChI=1S/C26H30N2O.C3H7N/c1-3-7-22(8-4-1)9-13-25-14-10-24(21-27-25)23-11-15-26(16-12-23)29-20-19-28-17-5-2-6-18-28;1-3(2)4/h1,3-4,7-8,10-12,14-16,21H,2,5-6,9,13,17-20H2;1,4H2,2H3. The van der Waals surface area contributed by atoms with Gasteiger partial charge in [0.2, 0.25) is 0 Å². The largest absolute Gasteiger partial charge is 0.492 e. The minimum absolute atomic E-state index is 0.667. The number of piperidine rings is 1. The van der Waals surface area contributed by atoms with Crippen LogP contribution in [0.4, 0.5) is 0 Å². The third kappa shape index (κ3) is 9.11. The van der Waals surface area contributed by atoms with Gasteiger partial charge in [-0.1, -0.05) is 61.5 Å². The van der Waals surface area contributed by atoms with E-state index in [2.05, 4.69) is 83.2 Å². The molecule has 0 spiro atoms. The van der Waals surface area contributed by atoms with E-state index < -0.39 is 0 Å². The van der Waals surface area contributed by atoms with E-state index in [0.29, 0.717) is 5.70 Å². The molecule has 0 unspecified atom stereocenters. The zero-order valence-corrected chi connectivity index (χ0v) is 19.9. The number of benzene rings is 2. The van der Waals surface area contributed by atoms with Crippen molar-refractivity contribution in [2.24, 2.45) is 5.73 Å². The Morgan fingerprint density at radius 1 is 0.909 bits per heavy atom. The highest BCUT2D eigenvalue weighted by Crippen LogP contribution is 2.22. The number of allylic oxidation sites excluding steroid dienone is 1. The molecule has 33 heavy (non-hydrogen) atoms. The molecule has 2 aromatic carbocycles. The summed E-state index contributed by atoms with van der Waals surface area (Å²) in [6.45, 7) is 9.31. The number of nitrogens with two attached hydrogens (primary N) is 1. The highest BCUT2D eigenvalue weighted by atomic mass is 16.5. The summed E-state index contributed by atoms with van der Waals surface area (Å²) in [6.07, 6.45) is 8.00. The van der Waals surface area contributed by atoms with Crippen molar-refractivity contribution in [2.75, 3.05) is 26.2 Å². The number of aryl methyl sites for hydroxylation is 2. The summed E-state index contributed by atoms with van der Waals surface area (Å²) >= 11 is 0. The molecule has 2 N–H and O–H groups in total. The molecule has 4 nitrogen and oxygen atoms in total. The molecule has 0 bridgehead atoms. The Labute approximate surface area is 199 Å². The summed E-state index contributed by atoms with van der Waals surface area (Å²) in [5.74, 6) is 0.943. The lowest BCUT2D eigenvalue weighted by molar-refractivity contribution is 0.183. The van der Waals surface area contributed by atoms with Gasteiger partial charge in [-0.2, -0.15) is 0 Å². The maximum Gasteiger partial charge on any atom is 0.119 e. The molecular formula is C29H37N3O. The van der Waals surface area contributed by atoms with E-state index in [4.69, 9.17) is 10.5 Å². The molecule has 1 aliphatic heterocycles. The van der Waals surface area contributed by atoms with Gasteiger partial charge in [-0.25, -0.2) is 0 Å². The molecule has 1 aromatic heterocycles. The fraction of sp³-hybridized carbons (Fsp3) is 0.345. The van der Waals surface area contributed by atoms with Crippen molar-refractivity contribution in [1.82, 2.24) is 9.88 Å². The lowest BCUT2D eigenvalue weighted by atomic mass is 10.1. The fourth-order valence-corrected chi connectivity index (χ4v) is 3.88. The molecule has 2 heterocycles. The van der Waals surface area contributed by atoms with Gasteiger partial charge in [0.05, 0.1) is 0 Å². The SMILES string of the molecule is C=C(C)N.c1ccc(CCc2ccc(-c3ccc(OCCN4CCCCC4)cc3)cn2)cc1. The van der Waals surface area contributed by atoms with Crippen LogP contribution in [0, 0.1) is 0 Å². The van der Waals surface area contributed by atoms with Gasteiger partial charge in [-0.05, 0) is 80.7 Å². The first kappa shape index (κ1) is 24.5. The van der Waals surface area contributed by atoms with Crippen LogP contribution in [0.15, 0.2) is 85.2 Å². The van der Waals surface area contributed by atoms with Crippen LogP contribution in [-0.2, 0) is 12.8 Å². The number of aromatic nitrogens is 1. The summed E-state index contributed by atoms with van der Waals surface area (Å²) in [5.41, 5.74) is 10.4. The Balaban J connectivity index is 0.000000709. The first-order valence-electron chi connectivity index (χ1n) is 12.0. The van der Waals surface area contributed by atoms with Crippen LogP contribution in [0.3, 0.4) is 0 Å². The molecule has 0 atom stereocenters. The average molecular weight is 444 g/mol. The molecule has 4 heteroatoms. The summed E-state index contributed by atoms with van der Waals surface area (Å²) in [6, 6.07) is 23.3. The molecule has 174 valence electrons. The number of hydrogen-bond acceptors (Lipinski definition) is 4. The highest BCUT2D eigenvalue weighted by Gasteiger charge is 2.09. The van der Waals surface area contributed by atoms with E-state index >= 15 is 0 Å². The lowest BCUT2D eigenvalue weighted by Gasteiger charge is -2.26. The van der Waals surface area contributed by atoms with Crippen molar-refractivity contribution >= 4 is 0 Å². The second-order valence-corrected chi connectivity index (χ2v) is 8.65. The summed E-state index contributed by atoms with van der Waals surface area (Å²) < 4.78 is 5.94. The van der Waals surface area contributed by atoms with Gasteiger partial charge in [0.15, 0.2) is 0 Å². The Morgan fingerprint density at radius 2 is 1.58 bits per heavy atom. The van der Waals surface area contributed by atoms with Crippen molar-refractivity contribution in [1.29, 1.82) is 0 Å². The van der Waals surface area contributed by atoms with Crippen LogP contribution in [0.25, 0.3) is 11.1 Å². The van der Waals surface area contributed by atoms with Crippen molar-refractivity contribution < 1.29 is 4.74 Å². The van der Waals surface area contributed by atoms with Gasteiger partial charge in [0.1, 0.15) is 12.4 Å². The van der Waals surface area contributed by atoms with E-state index in [1.807, 2.05) is 6.20 Å². The Kier molecular flexibility index (Phi) is 9.99. The van der Waals surface area contributed by atoms with E-state index in [1.165, 1.54) is 43.5 Å². The maximum absolute atomic E-state index is 5.94. The fourth-order valence-electron chi connectivity index (χ4n) is 3.88. The lowest BCUT2D eigenvalue weighted by Crippen LogP contribution is -2.33. The molecule has 0 radical (unpaired) electrons. The number of ether oxygens (including phenoxy) is 1. The first-order chi connectivity index (χ1) is 16.1. The summed E-state index contributed by atoms with van der Waals surface area (Å²) in [5, 5.41) is 0. The molecular weight excluding hydrogens is 406 g/mol. The zero-order valence-electron chi connectivity index (χ0n) is 19.9. The van der Waals surface area contributed by atoms with Crippen LogP contribution in [0.1, 0.15) is 37.4 Å². The van der Waals surface area contributed by atoms with Crippen LogP contribution in [0.5, 0.6) is 5.75 Å². The van der Waals surface area contributed by atoms with Crippen molar-refractivity contribution in [3.05, 3.63) is 96.5 Å². The normalized spacial score (nSPS) is 13.6. The van der Waals surface area contributed by atoms with E-state index in [0.717, 1.165) is 43.0 Å². The molecule has 0 amide bonds. The van der Waals surface area contributed by atoms with Gasteiger partial charge in [0, 0.05) is 24.0 Å². The Morgan fingerprint density at radius 3 is 2.21 bits per heavy atom. The highest BCUT2D eigenvalue weighted by molar-refractivity contribution is 5.63. The predicted octanol–water partition coefficient (Wildman–Crippen LogP) is 5.88. The third-order valence-corrected chi connectivity index (χ3v) is 5.65. The van der Waals surface area contributed by atoms with Crippen LogP contribution in [-0.4, -0.2) is 36.1 Å². The Bertz CT molecular complexity index is 942. The van der Waals surface area contributed by atoms with Crippen LogP contribution in [0.2, 0.25) is 0 Å². The Hall–Kier alpha value is -3.11. The third-order valence-electron chi connectivity index (χ3n) is 5.65. The quantitative estimate of drug-likeness (QED) is 0.472. The topological polar surface area (TPSA) is 51.4 Å². The molecule has 4 rings (SSSR count). The molecule has 0 aliphatic carbocycles. The van der Waals surface area contributed by atoms with Crippen molar-refractivity contribution in [3.8, 4) is 16.9 Å². The number of nitrogens with zero attached hydrogens (tertiary/aromatic N) is 2. The van der Waals surface area contributed by atoms with Crippen LogP contribution >= 0.6 is 0 Å². The number of pyridine rings is 1. The minimum atomic E-state index is 0.667. The van der Waals surface area contributed by atoms with E-state index in [9.17, 15) is 0 Å². The summed E-state index contributed by atoms with van der Waals surface area (Å²) in [7, 11) is 0. The van der Waals surface area contributed by atoms with Gasteiger partial charge < -0.3 is 10.5 Å². The van der Waals surface area contributed by atoms with Gasteiger partial charge >= 0.3 is 0 Å². The minimum Gasteiger partial charge on any atom is -0.492 e. The zero-order chi connectivity index (χ0) is 23.3. The van der Waals surface area contributed by atoms with Crippen molar-refractivity contribution in [2.45, 2.75) is 39.0 Å². The predicted molar refractivity (Wildman–Crippen MR) is 138 cm³/mol. The number of likely N-dealkylation sites (tertiary alicyclic amines) is 1. The molecule has 1 fully saturated rings. The molecule has 1 saturated heterocycles. The molecule has 0 saturated carbocycles. The summed E-state index contributed by atoms with van der Waals surface area (Å²) in [4.78, 5) is 7.16. The van der Waals surface area contributed by atoms with E-state index in [-0.39, 0.29) is 0 Å². The maximum atomic E-state index is 5.94. The van der Waals surface area contributed by atoms with Gasteiger partial charge in [-0.15, -0.1) is 0 Å². The number of hydrogen-bond donors (Lipinski definition) is 1. The van der Waals surface area contributed by atoms with E-state index in [1.54, 1.807) is 6.92 Å². The van der Waals surface area contributed by atoms with Gasteiger partial charge in [0.25, 0.3) is 0 Å². The number of rotatable bonds is 8. The molecule has 1 aliphatic rings. The average Bonchev–Trinajstić information content (AvgIpc) is 2.85. The van der Waals surface area contributed by atoms with Gasteiger partial charge in [-0.3, -0.25) is 9.88 Å². The smallest absolute Gasteiger partial charge is 0.119 e. The monoisotopic (exact) mass is 443 g/mol.